The van der Waals surface area contributed by atoms with E-state index in [-0.39, 0.29) is 23.6 Å². The Balaban J connectivity index is 2.03. The molecule has 7 heteroatoms. The molecule has 1 amide bonds. The van der Waals surface area contributed by atoms with Crippen LogP contribution >= 0.6 is 0 Å². The number of hydrogen-bond acceptors (Lipinski definition) is 5. The van der Waals surface area contributed by atoms with E-state index in [0.29, 0.717) is 37.7 Å². The Kier molecular flexibility index (Phi) is 7.91. The van der Waals surface area contributed by atoms with E-state index in [1.165, 1.54) is 19.2 Å². The van der Waals surface area contributed by atoms with Crippen molar-refractivity contribution in [3.63, 3.8) is 0 Å². The second-order valence-corrected chi connectivity index (χ2v) is 6.62. The molecule has 0 bridgehead atoms. The van der Waals surface area contributed by atoms with Crippen LogP contribution in [-0.4, -0.2) is 60.9 Å². The topological polar surface area (TPSA) is 85.3 Å². The number of carbonyl (C=O) groups is 2. The maximum Gasteiger partial charge on any atom is 0.335 e. The van der Waals surface area contributed by atoms with E-state index in [1.54, 1.807) is 6.07 Å². The van der Waals surface area contributed by atoms with E-state index in [1.807, 2.05) is 11.8 Å². The van der Waals surface area contributed by atoms with Gasteiger partial charge in [-0.15, -0.1) is 0 Å². The zero-order chi connectivity index (χ0) is 19.8. The van der Waals surface area contributed by atoms with Crippen molar-refractivity contribution >= 4 is 11.9 Å². The highest BCUT2D eigenvalue weighted by Crippen LogP contribution is 2.30. The van der Waals surface area contributed by atoms with Crippen LogP contribution < -0.4 is 9.47 Å². The quantitative estimate of drug-likeness (QED) is 0.629. The summed E-state index contributed by atoms with van der Waals surface area (Å²) in [4.78, 5) is 25.2. The monoisotopic (exact) mass is 379 g/mol. The van der Waals surface area contributed by atoms with Crippen LogP contribution in [0.3, 0.4) is 0 Å². The fourth-order valence-electron chi connectivity index (χ4n) is 3.16. The predicted octanol–water partition coefficient (Wildman–Crippen LogP) is 2.97. The summed E-state index contributed by atoms with van der Waals surface area (Å²) in [6, 6.07) is 4.41. The molecule has 1 aliphatic rings. The van der Waals surface area contributed by atoms with Gasteiger partial charge in [0.2, 0.25) is 5.91 Å². The number of ether oxygens (including phenoxy) is 3. The molecule has 1 N–H and O–H groups in total. The van der Waals surface area contributed by atoms with Crippen LogP contribution in [0.25, 0.3) is 0 Å². The summed E-state index contributed by atoms with van der Waals surface area (Å²) in [6.45, 7) is 5.55. The molecular weight excluding hydrogens is 350 g/mol. The van der Waals surface area contributed by atoms with Crippen LogP contribution in [0.15, 0.2) is 18.2 Å². The molecule has 7 nitrogen and oxygen atoms in total. The molecule has 1 fully saturated rings. The van der Waals surface area contributed by atoms with Gasteiger partial charge in [0.15, 0.2) is 11.5 Å². The summed E-state index contributed by atoms with van der Waals surface area (Å²) in [5, 5.41) is 9.08. The van der Waals surface area contributed by atoms with Gasteiger partial charge in [-0.2, -0.15) is 0 Å². The molecule has 2 atom stereocenters. The van der Waals surface area contributed by atoms with Gasteiger partial charge in [-0.05, 0) is 31.0 Å². The lowest BCUT2D eigenvalue weighted by molar-refractivity contribution is -0.132. The fourth-order valence-corrected chi connectivity index (χ4v) is 3.16. The van der Waals surface area contributed by atoms with E-state index in [4.69, 9.17) is 19.3 Å². The summed E-state index contributed by atoms with van der Waals surface area (Å²) in [5.74, 6) is -0.125. The molecule has 0 radical (unpaired) electrons. The number of benzene rings is 1. The molecule has 27 heavy (non-hydrogen) atoms. The number of nitrogens with zero attached hydrogens (tertiary/aromatic N) is 1. The molecule has 0 aromatic heterocycles. The van der Waals surface area contributed by atoms with Crippen molar-refractivity contribution in [2.24, 2.45) is 0 Å². The Bertz CT molecular complexity index is 647. The highest BCUT2D eigenvalue weighted by Gasteiger charge is 2.35. The normalized spacial score (nSPS) is 19.1. The second kappa shape index (κ2) is 10.2. The minimum atomic E-state index is -1.03. The number of methoxy groups -OCH3 is 1. The molecule has 0 saturated carbocycles. The first-order valence-corrected chi connectivity index (χ1v) is 9.45. The van der Waals surface area contributed by atoms with E-state index in [0.717, 1.165) is 19.3 Å². The third-order valence-corrected chi connectivity index (χ3v) is 4.69. The van der Waals surface area contributed by atoms with Gasteiger partial charge in [0.1, 0.15) is 6.61 Å². The van der Waals surface area contributed by atoms with Crippen molar-refractivity contribution in [2.45, 2.75) is 51.7 Å². The smallest absolute Gasteiger partial charge is 0.335 e. The van der Waals surface area contributed by atoms with Crippen molar-refractivity contribution in [3.05, 3.63) is 23.8 Å². The summed E-state index contributed by atoms with van der Waals surface area (Å²) in [5.41, 5.74) is 0.132. The minimum Gasteiger partial charge on any atom is -0.493 e. The number of unbranched alkanes of at least 4 members (excludes halogenated alkanes) is 1. The average molecular weight is 379 g/mol. The number of rotatable bonds is 10. The Labute approximate surface area is 160 Å². The van der Waals surface area contributed by atoms with Crippen LogP contribution in [-0.2, 0) is 9.53 Å². The van der Waals surface area contributed by atoms with Crippen LogP contribution in [0.2, 0.25) is 0 Å². The lowest BCUT2D eigenvalue weighted by Gasteiger charge is -2.24. The van der Waals surface area contributed by atoms with E-state index >= 15 is 0 Å². The molecule has 2 rings (SSSR count). The van der Waals surface area contributed by atoms with Gasteiger partial charge < -0.3 is 24.2 Å². The molecule has 1 heterocycles. The van der Waals surface area contributed by atoms with E-state index in [2.05, 4.69) is 6.92 Å². The van der Waals surface area contributed by atoms with Crippen LogP contribution in [0.1, 0.15) is 49.9 Å². The molecule has 150 valence electrons. The first-order chi connectivity index (χ1) is 13.0. The second-order valence-electron chi connectivity index (χ2n) is 6.62. The Morgan fingerprint density at radius 2 is 2.04 bits per heavy atom. The van der Waals surface area contributed by atoms with Gasteiger partial charge in [-0.25, -0.2) is 4.79 Å². The number of likely N-dealkylation sites (tertiary alicyclic amines) is 1. The first-order valence-electron chi connectivity index (χ1n) is 9.45. The molecule has 1 saturated heterocycles. The predicted molar refractivity (Wildman–Crippen MR) is 101 cm³/mol. The number of carbonyl (C=O) groups excluding carboxylic acids is 1. The Hall–Kier alpha value is -2.28. The standard InChI is InChI=1S/C20H29NO6/c1-4-6-9-26-16-11-15(21(12-16)19(22)5-2)13-27-17-8-7-14(20(23)24)10-18(17)25-3/h7-8,10,15-16H,4-6,9,11-13H2,1-3H3,(H,23,24)/t15-,16+/m0/s1. The van der Waals surface area contributed by atoms with Gasteiger partial charge >= 0.3 is 5.97 Å². The average Bonchev–Trinajstić information content (AvgIpc) is 3.08. The third-order valence-electron chi connectivity index (χ3n) is 4.69. The van der Waals surface area contributed by atoms with Gasteiger partial charge in [-0.3, -0.25) is 4.79 Å². The number of hydrogen-bond donors (Lipinski definition) is 1. The fraction of sp³-hybridized carbons (Fsp3) is 0.600. The molecule has 0 aliphatic carbocycles. The van der Waals surface area contributed by atoms with E-state index in [9.17, 15) is 9.59 Å². The Morgan fingerprint density at radius 3 is 2.67 bits per heavy atom. The molecule has 1 aliphatic heterocycles. The number of aromatic carboxylic acids is 1. The van der Waals surface area contributed by atoms with Crippen LogP contribution in [0.4, 0.5) is 0 Å². The van der Waals surface area contributed by atoms with Gasteiger partial charge in [0, 0.05) is 19.6 Å². The first kappa shape index (κ1) is 21.0. The van der Waals surface area contributed by atoms with E-state index < -0.39 is 5.97 Å². The lowest BCUT2D eigenvalue weighted by Crippen LogP contribution is -2.39. The number of carboxylic acids is 1. The van der Waals surface area contributed by atoms with Crippen molar-refractivity contribution in [1.29, 1.82) is 0 Å². The third kappa shape index (κ3) is 5.60. The van der Waals surface area contributed by atoms with Crippen molar-refractivity contribution < 1.29 is 28.9 Å². The number of carboxylic acid groups (broad SMARTS) is 1. The molecule has 0 unspecified atom stereocenters. The zero-order valence-electron chi connectivity index (χ0n) is 16.3. The molecule has 1 aromatic carbocycles. The zero-order valence-corrected chi connectivity index (χ0v) is 16.3. The summed E-state index contributed by atoms with van der Waals surface area (Å²) < 4.78 is 17.0. The van der Waals surface area contributed by atoms with Crippen molar-refractivity contribution in [1.82, 2.24) is 4.90 Å². The largest absolute Gasteiger partial charge is 0.493 e. The molecule has 0 spiro atoms. The Morgan fingerprint density at radius 1 is 1.26 bits per heavy atom. The van der Waals surface area contributed by atoms with Gasteiger partial charge in [-0.1, -0.05) is 20.3 Å². The minimum absolute atomic E-state index is 0.0249. The number of amides is 1. The summed E-state index contributed by atoms with van der Waals surface area (Å²) >= 11 is 0. The summed E-state index contributed by atoms with van der Waals surface area (Å²) in [6.07, 6.45) is 3.27. The summed E-state index contributed by atoms with van der Waals surface area (Å²) in [7, 11) is 1.47. The molecular formula is C20H29NO6. The van der Waals surface area contributed by atoms with Gasteiger partial charge in [0.05, 0.1) is 24.8 Å². The maximum atomic E-state index is 12.3. The van der Waals surface area contributed by atoms with Crippen LogP contribution in [0.5, 0.6) is 11.5 Å². The van der Waals surface area contributed by atoms with Crippen molar-refractivity contribution in [2.75, 3.05) is 26.9 Å². The maximum absolute atomic E-state index is 12.3. The SMILES string of the molecule is CCCCO[C@@H]1C[C@@H](COc2ccc(C(=O)O)cc2OC)N(C(=O)CC)C1. The molecule has 1 aromatic rings. The van der Waals surface area contributed by atoms with Gasteiger partial charge in [0.25, 0.3) is 0 Å². The van der Waals surface area contributed by atoms with Crippen molar-refractivity contribution in [3.8, 4) is 11.5 Å². The lowest BCUT2D eigenvalue weighted by atomic mass is 10.2. The van der Waals surface area contributed by atoms with Crippen LogP contribution in [0, 0.1) is 0 Å². The highest BCUT2D eigenvalue weighted by atomic mass is 16.5. The highest BCUT2D eigenvalue weighted by molar-refractivity contribution is 5.88.